The van der Waals surface area contributed by atoms with Crippen molar-refractivity contribution in [3.05, 3.63) is 17.5 Å². The van der Waals surface area contributed by atoms with Gasteiger partial charge in [-0.2, -0.15) is 0 Å². The Bertz CT molecular complexity index is 819. The van der Waals surface area contributed by atoms with Crippen molar-refractivity contribution in [1.29, 1.82) is 0 Å². The number of ether oxygens (including phenoxy) is 2. The number of aliphatic hydroxyl groups is 1. The molecule has 0 aliphatic carbocycles. The summed E-state index contributed by atoms with van der Waals surface area (Å²) in [6.07, 6.45) is 0.434. The van der Waals surface area contributed by atoms with Crippen LogP contribution in [0.1, 0.15) is 43.4 Å². The van der Waals surface area contributed by atoms with Crippen LogP contribution in [0.3, 0.4) is 0 Å². The highest BCUT2D eigenvalue weighted by Gasteiger charge is 2.50. The number of hydrogen-bond acceptors (Lipinski definition) is 9. The minimum Gasteiger partial charge on any atom is -0.394 e. The first-order valence-corrected chi connectivity index (χ1v) is 10.5. The maximum absolute atomic E-state index is 12.5. The number of Topliss-reactive ketones (excluding diaryl/α,β-unsaturated/α-hetero) is 1. The van der Waals surface area contributed by atoms with Gasteiger partial charge in [0.25, 0.3) is 5.91 Å². The van der Waals surface area contributed by atoms with E-state index < -0.39 is 48.6 Å². The highest BCUT2D eigenvalue weighted by molar-refractivity contribution is 5.98. The molecule has 2 rings (SSSR count). The number of epoxide rings is 1. The van der Waals surface area contributed by atoms with Crippen molar-refractivity contribution in [2.75, 3.05) is 34.0 Å². The minimum absolute atomic E-state index is 0.0395. The van der Waals surface area contributed by atoms with Gasteiger partial charge in [0, 0.05) is 20.3 Å². The number of hydrogen-bond donors (Lipinski definition) is 4. The Labute approximate surface area is 192 Å². The smallest absolute Gasteiger partial charge is 0.274 e. The van der Waals surface area contributed by atoms with Crippen molar-refractivity contribution in [2.24, 2.45) is 5.92 Å². The lowest BCUT2D eigenvalue weighted by molar-refractivity contribution is -0.131. The SMILES string of the molecule is COC.Cc1cc(C(=O)N[C@@H](CO)C(=O)NCC(=O)N[C@@H](CC(C)C)C(=O)[C@@]2(C)CO2)no1. The number of ketones is 1. The highest BCUT2D eigenvalue weighted by Crippen LogP contribution is 2.29. The first-order valence-electron chi connectivity index (χ1n) is 10.5. The van der Waals surface area contributed by atoms with Crippen LogP contribution in [0.15, 0.2) is 10.6 Å². The van der Waals surface area contributed by atoms with Gasteiger partial charge in [-0.15, -0.1) is 0 Å². The van der Waals surface area contributed by atoms with Crippen LogP contribution in [0.5, 0.6) is 0 Å². The quantitative estimate of drug-likeness (QED) is 0.306. The molecule has 1 aromatic rings. The van der Waals surface area contributed by atoms with Crippen molar-refractivity contribution >= 4 is 23.5 Å². The second-order valence-corrected chi connectivity index (χ2v) is 8.29. The summed E-state index contributed by atoms with van der Waals surface area (Å²) >= 11 is 0. The van der Waals surface area contributed by atoms with Crippen molar-refractivity contribution in [1.82, 2.24) is 21.1 Å². The maximum Gasteiger partial charge on any atom is 0.274 e. The summed E-state index contributed by atoms with van der Waals surface area (Å²) in [5.74, 6) is -1.67. The van der Waals surface area contributed by atoms with Crippen LogP contribution in [0.4, 0.5) is 0 Å². The number of rotatable bonds is 11. The van der Waals surface area contributed by atoms with Gasteiger partial charge in [-0.25, -0.2) is 0 Å². The molecule has 0 spiro atoms. The first kappa shape index (κ1) is 28.2. The molecular weight excluding hydrogens is 436 g/mol. The summed E-state index contributed by atoms with van der Waals surface area (Å²) in [6.45, 7) is 6.33. The number of carbonyl (C=O) groups is 4. The normalized spacial score (nSPS) is 18.4. The summed E-state index contributed by atoms with van der Waals surface area (Å²) in [6, 6.07) is -0.634. The molecule has 12 nitrogen and oxygen atoms in total. The molecule has 1 fully saturated rings. The molecule has 33 heavy (non-hydrogen) atoms. The fraction of sp³-hybridized carbons (Fsp3) is 0.667. The fourth-order valence-corrected chi connectivity index (χ4v) is 2.76. The van der Waals surface area contributed by atoms with Gasteiger partial charge in [0.2, 0.25) is 11.8 Å². The van der Waals surface area contributed by atoms with Gasteiger partial charge >= 0.3 is 0 Å². The molecule has 0 saturated carbocycles. The average Bonchev–Trinajstić information content (AvgIpc) is 3.35. The summed E-state index contributed by atoms with van der Waals surface area (Å²) in [5, 5.41) is 20.2. The van der Waals surface area contributed by atoms with E-state index in [4.69, 9.17) is 9.26 Å². The van der Waals surface area contributed by atoms with Crippen LogP contribution >= 0.6 is 0 Å². The Morgan fingerprint density at radius 2 is 1.82 bits per heavy atom. The summed E-state index contributed by atoms with van der Waals surface area (Å²) in [4.78, 5) is 49.0. The molecule has 1 aliphatic rings. The van der Waals surface area contributed by atoms with Crippen LogP contribution in [0.2, 0.25) is 0 Å². The molecule has 0 radical (unpaired) electrons. The lowest BCUT2D eigenvalue weighted by Gasteiger charge is -2.22. The molecule has 0 unspecified atom stereocenters. The van der Waals surface area contributed by atoms with E-state index in [-0.39, 0.29) is 17.4 Å². The van der Waals surface area contributed by atoms with Crippen LogP contribution in [-0.4, -0.2) is 85.4 Å². The summed E-state index contributed by atoms with van der Waals surface area (Å²) in [5.41, 5.74) is -0.913. The van der Waals surface area contributed by atoms with Crippen molar-refractivity contribution < 1.29 is 38.3 Å². The zero-order valence-electron chi connectivity index (χ0n) is 19.9. The average molecular weight is 471 g/mol. The molecule has 186 valence electrons. The number of nitrogens with zero attached hydrogens (tertiary/aromatic N) is 1. The van der Waals surface area contributed by atoms with Crippen LogP contribution in [-0.2, 0) is 23.9 Å². The van der Waals surface area contributed by atoms with E-state index >= 15 is 0 Å². The molecule has 4 N–H and O–H groups in total. The second-order valence-electron chi connectivity index (χ2n) is 8.29. The Morgan fingerprint density at radius 3 is 2.27 bits per heavy atom. The van der Waals surface area contributed by atoms with Gasteiger partial charge < -0.3 is 35.1 Å². The standard InChI is InChI=1S/C19H28N4O7.C2H6O/c1-10(2)5-12(16(26)19(4)9-29-19)21-15(25)7-20-17(27)14(8-24)22-18(28)13-6-11(3)30-23-13;1-3-2/h6,10,12,14,24H,5,7-9H2,1-4H3,(H,20,27)(H,21,25)(H,22,28);1-2H3/t12-,14-,19+;/m0./s1. The number of nitrogens with one attached hydrogen (secondary N) is 3. The minimum atomic E-state index is -1.28. The summed E-state index contributed by atoms with van der Waals surface area (Å²) in [7, 11) is 3.25. The van der Waals surface area contributed by atoms with E-state index in [0.29, 0.717) is 18.8 Å². The predicted octanol–water partition coefficient (Wildman–Crippen LogP) is -0.659. The highest BCUT2D eigenvalue weighted by atomic mass is 16.6. The Morgan fingerprint density at radius 1 is 1.21 bits per heavy atom. The van der Waals surface area contributed by atoms with Crippen molar-refractivity contribution in [3.8, 4) is 0 Å². The third-order valence-corrected chi connectivity index (χ3v) is 4.55. The molecule has 3 atom stereocenters. The number of aromatic nitrogens is 1. The molecule has 1 aromatic heterocycles. The van der Waals surface area contributed by atoms with Crippen LogP contribution in [0.25, 0.3) is 0 Å². The lowest BCUT2D eigenvalue weighted by Crippen LogP contribution is -2.53. The molecule has 1 aliphatic heterocycles. The molecule has 0 bridgehead atoms. The van der Waals surface area contributed by atoms with Crippen LogP contribution < -0.4 is 16.0 Å². The monoisotopic (exact) mass is 470 g/mol. The zero-order chi connectivity index (χ0) is 25.2. The Balaban J connectivity index is 0.00000172. The van der Waals surface area contributed by atoms with Gasteiger partial charge in [-0.05, 0) is 26.2 Å². The van der Waals surface area contributed by atoms with E-state index in [1.54, 1.807) is 28.1 Å². The van der Waals surface area contributed by atoms with Crippen LogP contribution in [0, 0.1) is 12.8 Å². The summed E-state index contributed by atoms with van der Waals surface area (Å²) < 4.78 is 14.2. The predicted molar refractivity (Wildman–Crippen MR) is 116 cm³/mol. The van der Waals surface area contributed by atoms with Gasteiger partial charge in [0.1, 0.15) is 17.4 Å². The number of aryl methyl sites for hydroxylation is 1. The Kier molecular flexibility index (Phi) is 11.1. The van der Waals surface area contributed by atoms with Crippen molar-refractivity contribution in [3.63, 3.8) is 0 Å². The topological polar surface area (TPSA) is 172 Å². The van der Waals surface area contributed by atoms with E-state index in [9.17, 15) is 24.3 Å². The third kappa shape index (κ3) is 9.28. The van der Waals surface area contributed by atoms with Gasteiger partial charge in [-0.1, -0.05) is 19.0 Å². The Hall–Kier alpha value is -2.83. The number of aliphatic hydroxyl groups excluding tert-OH is 1. The molecule has 12 heteroatoms. The van der Waals surface area contributed by atoms with E-state index in [1.807, 2.05) is 13.8 Å². The van der Waals surface area contributed by atoms with Gasteiger partial charge in [0.05, 0.1) is 25.8 Å². The zero-order valence-corrected chi connectivity index (χ0v) is 19.9. The fourth-order valence-electron chi connectivity index (χ4n) is 2.76. The molecule has 1 saturated heterocycles. The van der Waals surface area contributed by atoms with Crippen molar-refractivity contribution in [2.45, 2.75) is 51.8 Å². The molecule has 3 amide bonds. The largest absolute Gasteiger partial charge is 0.394 e. The van der Waals surface area contributed by atoms with Gasteiger partial charge in [-0.3, -0.25) is 19.2 Å². The number of amides is 3. The molecule has 2 heterocycles. The number of methoxy groups -OCH3 is 1. The molecule has 0 aromatic carbocycles. The third-order valence-electron chi connectivity index (χ3n) is 4.55. The first-order chi connectivity index (χ1) is 15.5. The van der Waals surface area contributed by atoms with Gasteiger partial charge in [0.15, 0.2) is 11.5 Å². The number of carbonyl (C=O) groups excluding carboxylic acids is 4. The van der Waals surface area contributed by atoms with E-state index in [2.05, 4.69) is 25.8 Å². The maximum atomic E-state index is 12.5. The molecular formula is C21H34N4O8. The van der Waals surface area contributed by atoms with E-state index in [1.165, 1.54) is 6.07 Å². The van der Waals surface area contributed by atoms with E-state index in [0.717, 1.165) is 0 Å². The lowest BCUT2D eigenvalue weighted by atomic mass is 9.93. The second kappa shape index (κ2) is 13.0.